The van der Waals surface area contributed by atoms with E-state index >= 15 is 0 Å². The van der Waals surface area contributed by atoms with E-state index in [1.54, 1.807) is 14.2 Å². The second kappa shape index (κ2) is 6.46. The van der Waals surface area contributed by atoms with Crippen molar-refractivity contribution in [3.05, 3.63) is 23.8 Å². The highest BCUT2D eigenvalue weighted by molar-refractivity contribution is 5.48. The molecular formula is C16H25NO3. The SMILES string of the molecule is CCOC1(C(N)c2c(OC)cccc2OC)CCCC1. The molecule has 0 bridgehead atoms. The first-order chi connectivity index (χ1) is 9.68. The number of benzene rings is 1. The van der Waals surface area contributed by atoms with Gasteiger partial charge < -0.3 is 19.9 Å². The van der Waals surface area contributed by atoms with Crippen LogP contribution in [0.1, 0.15) is 44.2 Å². The molecule has 1 fully saturated rings. The molecular weight excluding hydrogens is 254 g/mol. The summed E-state index contributed by atoms with van der Waals surface area (Å²) in [6.45, 7) is 2.69. The summed E-state index contributed by atoms with van der Waals surface area (Å²) >= 11 is 0. The molecule has 20 heavy (non-hydrogen) atoms. The highest BCUT2D eigenvalue weighted by Crippen LogP contribution is 2.46. The zero-order valence-corrected chi connectivity index (χ0v) is 12.6. The minimum atomic E-state index is -0.295. The second-order valence-corrected chi connectivity index (χ2v) is 5.26. The Hall–Kier alpha value is -1.26. The molecule has 1 atom stereocenters. The number of rotatable bonds is 6. The van der Waals surface area contributed by atoms with Gasteiger partial charge in [0, 0.05) is 6.61 Å². The molecule has 1 aliphatic carbocycles. The lowest BCUT2D eigenvalue weighted by molar-refractivity contribution is -0.0544. The lowest BCUT2D eigenvalue weighted by Gasteiger charge is -2.36. The summed E-state index contributed by atoms with van der Waals surface area (Å²) in [7, 11) is 3.32. The van der Waals surface area contributed by atoms with Crippen LogP contribution in [0.5, 0.6) is 11.5 Å². The predicted octanol–water partition coefficient (Wildman–Crippen LogP) is 3.05. The van der Waals surface area contributed by atoms with Crippen LogP contribution in [0.2, 0.25) is 0 Å². The fraction of sp³-hybridized carbons (Fsp3) is 0.625. The Kier molecular flexibility index (Phi) is 4.89. The van der Waals surface area contributed by atoms with Crippen LogP contribution in [0.3, 0.4) is 0 Å². The van der Waals surface area contributed by atoms with E-state index in [0.29, 0.717) is 6.61 Å². The molecule has 0 amide bonds. The van der Waals surface area contributed by atoms with E-state index in [-0.39, 0.29) is 11.6 Å². The lowest BCUT2D eigenvalue weighted by atomic mass is 9.86. The quantitative estimate of drug-likeness (QED) is 0.869. The highest BCUT2D eigenvalue weighted by atomic mass is 16.5. The molecule has 0 aliphatic heterocycles. The van der Waals surface area contributed by atoms with Gasteiger partial charge in [-0.25, -0.2) is 0 Å². The fourth-order valence-electron chi connectivity index (χ4n) is 3.26. The van der Waals surface area contributed by atoms with E-state index in [1.165, 1.54) is 0 Å². The minimum absolute atomic E-state index is 0.240. The second-order valence-electron chi connectivity index (χ2n) is 5.26. The number of methoxy groups -OCH3 is 2. The van der Waals surface area contributed by atoms with Gasteiger partial charge in [-0.05, 0) is 31.9 Å². The van der Waals surface area contributed by atoms with Crippen molar-refractivity contribution in [1.29, 1.82) is 0 Å². The lowest BCUT2D eigenvalue weighted by Crippen LogP contribution is -2.41. The van der Waals surface area contributed by atoms with E-state index in [0.717, 1.165) is 42.7 Å². The van der Waals surface area contributed by atoms with Gasteiger partial charge in [0.05, 0.1) is 31.4 Å². The first-order valence-electron chi connectivity index (χ1n) is 7.29. The van der Waals surface area contributed by atoms with Gasteiger partial charge >= 0.3 is 0 Å². The van der Waals surface area contributed by atoms with Crippen molar-refractivity contribution in [2.24, 2.45) is 5.73 Å². The maximum Gasteiger partial charge on any atom is 0.127 e. The molecule has 0 aromatic heterocycles. The van der Waals surface area contributed by atoms with Crippen LogP contribution in [-0.2, 0) is 4.74 Å². The Labute approximate surface area is 121 Å². The average molecular weight is 279 g/mol. The van der Waals surface area contributed by atoms with E-state index in [1.807, 2.05) is 25.1 Å². The third kappa shape index (κ3) is 2.63. The van der Waals surface area contributed by atoms with Crippen molar-refractivity contribution < 1.29 is 14.2 Å². The number of nitrogens with two attached hydrogens (primary N) is 1. The molecule has 4 nitrogen and oxygen atoms in total. The maximum absolute atomic E-state index is 6.59. The normalized spacial score (nSPS) is 18.8. The van der Waals surface area contributed by atoms with Crippen LogP contribution in [0.15, 0.2) is 18.2 Å². The van der Waals surface area contributed by atoms with Crippen molar-refractivity contribution >= 4 is 0 Å². The van der Waals surface area contributed by atoms with E-state index in [9.17, 15) is 0 Å². The standard InChI is InChI=1S/C16H25NO3/c1-4-20-16(10-5-6-11-16)15(17)14-12(18-2)8-7-9-13(14)19-3/h7-9,15H,4-6,10-11,17H2,1-3H3. The summed E-state index contributed by atoms with van der Waals surface area (Å²) in [5, 5.41) is 0. The van der Waals surface area contributed by atoms with Crippen LogP contribution in [0, 0.1) is 0 Å². The molecule has 1 unspecified atom stereocenters. The molecule has 0 saturated heterocycles. The number of hydrogen-bond donors (Lipinski definition) is 1. The van der Waals surface area contributed by atoms with Crippen molar-refractivity contribution in [3.63, 3.8) is 0 Å². The molecule has 0 radical (unpaired) electrons. The third-order valence-corrected chi connectivity index (χ3v) is 4.23. The monoisotopic (exact) mass is 279 g/mol. The molecule has 0 spiro atoms. The van der Waals surface area contributed by atoms with Crippen molar-refractivity contribution in [3.8, 4) is 11.5 Å². The van der Waals surface area contributed by atoms with Crippen LogP contribution in [-0.4, -0.2) is 26.4 Å². The summed E-state index contributed by atoms with van der Waals surface area (Å²) in [5.41, 5.74) is 7.20. The van der Waals surface area contributed by atoms with E-state index in [4.69, 9.17) is 19.9 Å². The van der Waals surface area contributed by atoms with Crippen molar-refractivity contribution in [2.75, 3.05) is 20.8 Å². The highest BCUT2D eigenvalue weighted by Gasteiger charge is 2.43. The Morgan fingerprint density at radius 3 is 2.15 bits per heavy atom. The van der Waals surface area contributed by atoms with E-state index in [2.05, 4.69) is 0 Å². The van der Waals surface area contributed by atoms with Gasteiger partial charge in [-0.2, -0.15) is 0 Å². The Morgan fingerprint density at radius 2 is 1.70 bits per heavy atom. The Balaban J connectivity index is 2.43. The Morgan fingerprint density at radius 1 is 1.15 bits per heavy atom. The average Bonchev–Trinajstić information content (AvgIpc) is 2.95. The Bertz CT molecular complexity index is 419. The van der Waals surface area contributed by atoms with Crippen LogP contribution in [0.25, 0.3) is 0 Å². The fourth-order valence-corrected chi connectivity index (χ4v) is 3.26. The van der Waals surface area contributed by atoms with Gasteiger partial charge in [-0.3, -0.25) is 0 Å². The predicted molar refractivity (Wildman–Crippen MR) is 79.3 cm³/mol. The van der Waals surface area contributed by atoms with Crippen LogP contribution >= 0.6 is 0 Å². The smallest absolute Gasteiger partial charge is 0.127 e. The van der Waals surface area contributed by atoms with Crippen molar-refractivity contribution in [2.45, 2.75) is 44.2 Å². The maximum atomic E-state index is 6.59. The van der Waals surface area contributed by atoms with E-state index < -0.39 is 0 Å². The molecule has 112 valence electrons. The van der Waals surface area contributed by atoms with Crippen LogP contribution < -0.4 is 15.2 Å². The molecule has 1 saturated carbocycles. The molecule has 2 rings (SSSR count). The summed E-state index contributed by atoms with van der Waals surface area (Å²) in [6.07, 6.45) is 4.29. The number of ether oxygens (including phenoxy) is 3. The summed E-state index contributed by atoms with van der Waals surface area (Å²) in [6, 6.07) is 5.52. The molecule has 0 heterocycles. The van der Waals surface area contributed by atoms with Gasteiger partial charge in [0.1, 0.15) is 11.5 Å². The van der Waals surface area contributed by atoms with Crippen molar-refractivity contribution in [1.82, 2.24) is 0 Å². The van der Waals surface area contributed by atoms with Gasteiger partial charge in [0.2, 0.25) is 0 Å². The zero-order valence-electron chi connectivity index (χ0n) is 12.6. The first-order valence-corrected chi connectivity index (χ1v) is 7.29. The zero-order chi connectivity index (χ0) is 14.6. The van der Waals surface area contributed by atoms with Gasteiger partial charge in [-0.15, -0.1) is 0 Å². The summed E-state index contributed by atoms with van der Waals surface area (Å²) in [5.74, 6) is 1.53. The first kappa shape index (κ1) is 15.1. The third-order valence-electron chi connectivity index (χ3n) is 4.23. The molecule has 1 aromatic carbocycles. The van der Waals surface area contributed by atoms with Gasteiger partial charge in [0.15, 0.2) is 0 Å². The minimum Gasteiger partial charge on any atom is -0.496 e. The summed E-state index contributed by atoms with van der Waals surface area (Å²) in [4.78, 5) is 0. The number of hydrogen-bond acceptors (Lipinski definition) is 4. The van der Waals surface area contributed by atoms with Gasteiger partial charge in [0.25, 0.3) is 0 Å². The van der Waals surface area contributed by atoms with Crippen LogP contribution in [0.4, 0.5) is 0 Å². The largest absolute Gasteiger partial charge is 0.496 e. The molecule has 4 heteroatoms. The molecule has 1 aromatic rings. The summed E-state index contributed by atoms with van der Waals surface area (Å²) < 4.78 is 17.0. The molecule has 2 N–H and O–H groups in total. The molecule has 1 aliphatic rings. The van der Waals surface area contributed by atoms with Gasteiger partial charge in [-0.1, -0.05) is 18.9 Å². The topological polar surface area (TPSA) is 53.7 Å².